The second kappa shape index (κ2) is 12.1. The fourth-order valence-corrected chi connectivity index (χ4v) is 6.87. The maximum Gasteiger partial charge on any atom is 0.232 e. The van der Waals surface area contributed by atoms with Crippen molar-refractivity contribution in [1.29, 1.82) is 0 Å². The van der Waals surface area contributed by atoms with E-state index < -0.39 is 5.60 Å². The van der Waals surface area contributed by atoms with Crippen LogP contribution in [0, 0.1) is 5.92 Å². The molecule has 43 heavy (non-hydrogen) atoms. The molecule has 228 valence electrons. The van der Waals surface area contributed by atoms with E-state index in [0.717, 1.165) is 67.1 Å². The van der Waals surface area contributed by atoms with Crippen LogP contribution in [0.3, 0.4) is 0 Å². The summed E-state index contributed by atoms with van der Waals surface area (Å²) in [5.74, 6) is 1.39. The van der Waals surface area contributed by atoms with E-state index in [4.69, 9.17) is 25.8 Å². The average molecular weight is 605 g/mol. The van der Waals surface area contributed by atoms with E-state index in [1.54, 1.807) is 7.11 Å². The number of methoxy groups -OCH3 is 1. The first kappa shape index (κ1) is 29.9. The summed E-state index contributed by atoms with van der Waals surface area (Å²) < 4.78 is 17.3. The van der Waals surface area contributed by atoms with Gasteiger partial charge in [-0.25, -0.2) is 0 Å². The summed E-state index contributed by atoms with van der Waals surface area (Å²) in [7, 11) is 1.62. The quantitative estimate of drug-likeness (QED) is 0.333. The van der Waals surface area contributed by atoms with E-state index >= 15 is 0 Å². The predicted octanol–water partition coefficient (Wildman–Crippen LogP) is 6.13. The fraction of sp³-hybridized carbons (Fsp3) is 0.457. The number of carbonyl (C=O) groups is 1. The summed E-state index contributed by atoms with van der Waals surface area (Å²) in [6.07, 6.45) is 2.32. The van der Waals surface area contributed by atoms with Crippen molar-refractivity contribution in [3.8, 4) is 11.5 Å². The smallest absolute Gasteiger partial charge is 0.232 e. The van der Waals surface area contributed by atoms with Crippen LogP contribution in [0.2, 0.25) is 5.02 Å². The Kier molecular flexibility index (Phi) is 8.44. The number of benzene rings is 3. The Morgan fingerprint density at radius 3 is 2.30 bits per heavy atom. The van der Waals surface area contributed by atoms with Crippen molar-refractivity contribution >= 4 is 23.2 Å². The van der Waals surface area contributed by atoms with Crippen LogP contribution in [-0.4, -0.2) is 61.5 Å². The van der Waals surface area contributed by atoms with Crippen LogP contribution in [0.5, 0.6) is 11.5 Å². The molecule has 1 N–H and O–H groups in total. The molecule has 3 aliphatic rings. The molecule has 6 rings (SSSR count). The Morgan fingerprint density at radius 2 is 1.67 bits per heavy atom. The molecule has 0 aromatic heterocycles. The highest BCUT2D eigenvalue weighted by Crippen LogP contribution is 2.45. The molecule has 0 bridgehead atoms. The molecule has 3 aliphatic heterocycles. The Bertz CT molecular complexity index is 1440. The van der Waals surface area contributed by atoms with Crippen molar-refractivity contribution in [3.05, 3.63) is 87.9 Å². The Labute approximate surface area is 259 Å². The van der Waals surface area contributed by atoms with Crippen molar-refractivity contribution in [2.75, 3.05) is 38.3 Å². The zero-order chi connectivity index (χ0) is 30.3. The molecular formula is C35H41ClN2O5. The van der Waals surface area contributed by atoms with Crippen LogP contribution < -0.4 is 14.4 Å². The van der Waals surface area contributed by atoms with E-state index in [9.17, 15) is 9.90 Å². The van der Waals surface area contributed by atoms with Crippen LogP contribution in [0.25, 0.3) is 0 Å². The fourth-order valence-electron chi connectivity index (χ4n) is 6.74. The number of hydrogen-bond acceptors (Lipinski definition) is 6. The monoisotopic (exact) mass is 604 g/mol. The average Bonchev–Trinajstić information content (AvgIpc) is 2.96. The second-order valence-electron chi connectivity index (χ2n) is 12.5. The Morgan fingerprint density at radius 1 is 1.00 bits per heavy atom. The van der Waals surface area contributed by atoms with E-state index in [-0.39, 0.29) is 30.4 Å². The number of likely N-dealkylation sites (tertiary alicyclic amines) is 1. The summed E-state index contributed by atoms with van der Waals surface area (Å²) in [5.41, 5.74) is 3.50. The Hall–Kier alpha value is -3.10. The van der Waals surface area contributed by atoms with Gasteiger partial charge in [-0.1, -0.05) is 35.9 Å². The third-order valence-electron chi connectivity index (χ3n) is 9.28. The summed E-state index contributed by atoms with van der Waals surface area (Å²) in [5, 5.41) is 12.3. The SMILES string of the molecule is COc1cc2c(cc1OC(C)C)C(c1ccc(Cl)cc1)N(c1ccc([C@@](C)(O)C3CN(C4CCOCC4)C3)cc1)C(=O)C2. The number of anilines is 1. The third-order valence-corrected chi connectivity index (χ3v) is 9.53. The number of rotatable bonds is 8. The first-order chi connectivity index (χ1) is 20.7. The van der Waals surface area contributed by atoms with Crippen LogP contribution >= 0.6 is 11.6 Å². The number of amides is 1. The van der Waals surface area contributed by atoms with Gasteiger partial charge in [0.05, 0.1) is 31.3 Å². The molecule has 2 fully saturated rings. The van der Waals surface area contributed by atoms with Crippen molar-refractivity contribution in [2.24, 2.45) is 5.92 Å². The molecule has 0 saturated carbocycles. The molecule has 3 aromatic carbocycles. The molecule has 7 nitrogen and oxygen atoms in total. The van der Waals surface area contributed by atoms with Gasteiger partial charge in [0.2, 0.25) is 5.91 Å². The number of nitrogens with zero attached hydrogens (tertiary/aromatic N) is 2. The summed E-state index contributed by atoms with van der Waals surface area (Å²) in [4.78, 5) is 18.2. The number of hydrogen-bond donors (Lipinski definition) is 1. The number of ether oxygens (including phenoxy) is 3. The van der Waals surface area contributed by atoms with E-state index in [0.29, 0.717) is 22.6 Å². The third kappa shape index (κ3) is 5.88. The molecule has 3 heterocycles. The van der Waals surface area contributed by atoms with Gasteiger partial charge < -0.3 is 24.2 Å². The predicted molar refractivity (Wildman–Crippen MR) is 168 cm³/mol. The lowest BCUT2D eigenvalue weighted by molar-refractivity contribution is -0.118. The lowest BCUT2D eigenvalue weighted by atomic mass is 9.77. The standard InChI is InChI=1S/C35H41ClN2O5/c1-22(2)43-32-19-30-24(17-31(32)41-4)18-33(39)38(34(30)23-5-9-27(36)10-6-23)29-11-7-25(8-12-29)35(3,40)26-20-37(21-26)28-13-15-42-16-14-28/h5-12,17,19,22,26,28,34,40H,13-16,18,20-21H2,1-4H3/t34?,35-/m1/s1. The molecule has 1 amide bonds. The summed E-state index contributed by atoms with van der Waals surface area (Å²) >= 11 is 6.26. The maximum absolute atomic E-state index is 13.9. The lowest BCUT2D eigenvalue weighted by Gasteiger charge is -2.50. The highest BCUT2D eigenvalue weighted by molar-refractivity contribution is 6.30. The van der Waals surface area contributed by atoms with Crippen molar-refractivity contribution in [3.63, 3.8) is 0 Å². The zero-order valence-corrected chi connectivity index (χ0v) is 26.1. The molecule has 3 aromatic rings. The first-order valence-corrected chi connectivity index (χ1v) is 15.6. The molecule has 2 saturated heterocycles. The van der Waals surface area contributed by atoms with Crippen molar-refractivity contribution < 1.29 is 24.1 Å². The van der Waals surface area contributed by atoms with Crippen LogP contribution in [0.1, 0.15) is 61.9 Å². The van der Waals surface area contributed by atoms with Gasteiger partial charge in [-0.3, -0.25) is 9.69 Å². The topological polar surface area (TPSA) is 71.5 Å². The normalized spacial score (nSPS) is 21.3. The summed E-state index contributed by atoms with van der Waals surface area (Å²) in [6, 6.07) is 19.6. The zero-order valence-electron chi connectivity index (χ0n) is 25.4. The van der Waals surface area contributed by atoms with Crippen LogP contribution in [0.4, 0.5) is 5.69 Å². The minimum Gasteiger partial charge on any atom is -0.493 e. The lowest BCUT2D eigenvalue weighted by Crippen LogP contribution is -2.59. The minimum absolute atomic E-state index is 0.0161. The molecule has 0 spiro atoms. The number of fused-ring (bicyclic) bond motifs is 1. The van der Waals surface area contributed by atoms with E-state index in [1.165, 1.54) is 0 Å². The van der Waals surface area contributed by atoms with Gasteiger partial charge in [-0.2, -0.15) is 0 Å². The van der Waals surface area contributed by atoms with Crippen molar-refractivity contribution in [1.82, 2.24) is 4.90 Å². The van der Waals surface area contributed by atoms with Gasteiger partial charge in [-0.05, 0) is 92.3 Å². The van der Waals surface area contributed by atoms with E-state index in [2.05, 4.69) is 4.90 Å². The maximum atomic E-state index is 13.9. The molecular weight excluding hydrogens is 564 g/mol. The van der Waals surface area contributed by atoms with Gasteiger partial charge in [0.15, 0.2) is 11.5 Å². The molecule has 2 atom stereocenters. The van der Waals surface area contributed by atoms with Crippen molar-refractivity contribution in [2.45, 2.75) is 63.8 Å². The molecule has 1 unspecified atom stereocenters. The molecule has 0 radical (unpaired) electrons. The van der Waals surface area contributed by atoms with Gasteiger partial charge in [0.25, 0.3) is 0 Å². The highest BCUT2D eigenvalue weighted by atomic mass is 35.5. The number of halogens is 1. The Balaban J connectivity index is 1.31. The number of carbonyl (C=O) groups excluding carboxylic acids is 1. The number of aliphatic hydroxyl groups is 1. The molecule has 8 heteroatoms. The van der Waals surface area contributed by atoms with Gasteiger partial charge in [-0.15, -0.1) is 0 Å². The molecule has 0 aliphatic carbocycles. The minimum atomic E-state index is -0.964. The first-order valence-electron chi connectivity index (χ1n) is 15.3. The van der Waals surface area contributed by atoms with Gasteiger partial charge in [0, 0.05) is 49.0 Å². The summed E-state index contributed by atoms with van der Waals surface area (Å²) in [6.45, 7) is 9.27. The van der Waals surface area contributed by atoms with Gasteiger partial charge in [0.1, 0.15) is 0 Å². The highest BCUT2D eigenvalue weighted by Gasteiger charge is 2.44. The second-order valence-corrected chi connectivity index (χ2v) is 12.9. The van der Waals surface area contributed by atoms with Crippen LogP contribution in [0.15, 0.2) is 60.7 Å². The van der Waals surface area contributed by atoms with Gasteiger partial charge >= 0.3 is 0 Å². The van der Waals surface area contributed by atoms with E-state index in [1.807, 2.05) is 86.3 Å². The van der Waals surface area contributed by atoms with Crippen LogP contribution in [-0.2, 0) is 21.6 Å². The largest absolute Gasteiger partial charge is 0.493 e.